The summed E-state index contributed by atoms with van der Waals surface area (Å²) < 4.78 is 18.9. The summed E-state index contributed by atoms with van der Waals surface area (Å²) in [6, 6.07) is 13.9. The van der Waals surface area contributed by atoms with Gasteiger partial charge in [0.25, 0.3) is 0 Å². The molecule has 1 N–H and O–H groups in total. The van der Waals surface area contributed by atoms with Crippen molar-refractivity contribution in [2.75, 3.05) is 0 Å². The van der Waals surface area contributed by atoms with Gasteiger partial charge in [0.05, 0.1) is 11.1 Å². The Hall–Kier alpha value is -2.95. The average Bonchev–Trinajstić information content (AvgIpc) is 2.48. The molecule has 3 rings (SSSR count). The number of benzene rings is 2. The van der Waals surface area contributed by atoms with E-state index in [2.05, 4.69) is 4.98 Å². The van der Waals surface area contributed by atoms with Crippen LogP contribution in [0.3, 0.4) is 0 Å². The lowest BCUT2D eigenvalue weighted by molar-refractivity contribution is 0.0699. The van der Waals surface area contributed by atoms with Crippen LogP contribution >= 0.6 is 0 Å². The molecule has 0 aliphatic rings. The number of aromatic carboxylic acids is 1. The molecule has 1 aromatic heterocycles. The standard InChI is InChI=1S/C16H10FNO3/c17-12-5-1-2-7-14(12)21-15-9-8-10-11(16(19)20)4-3-6-13(10)18-15/h1-9H,(H,19,20). The minimum Gasteiger partial charge on any atom is -0.478 e. The molecule has 0 aliphatic heterocycles. The van der Waals surface area contributed by atoms with Crippen molar-refractivity contribution < 1.29 is 19.0 Å². The number of nitrogens with zero attached hydrogens (tertiary/aromatic N) is 1. The van der Waals surface area contributed by atoms with Crippen molar-refractivity contribution in [1.29, 1.82) is 0 Å². The van der Waals surface area contributed by atoms with Crippen LogP contribution in [0.2, 0.25) is 0 Å². The number of carboxylic acid groups (broad SMARTS) is 1. The third-order valence-electron chi connectivity index (χ3n) is 2.99. The van der Waals surface area contributed by atoms with Crippen LogP contribution in [-0.4, -0.2) is 16.1 Å². The molecule has 0 amide bonds. The highest BCUT2D eigenvalue weighted by Crippen LogP contribution is 2.25. The number of halogens is 1. The SMILES string of the molecule is O=C(O)c1cccc2nc(Oc3ccccc3F)ccc12. The van der Waals surface area contributed by atoms with Crippen molar-refractivity contribution in [3.63, 3.8) is 0 Å². The van der Waals surface area contributed by atoms with Gasteiger partial charge in [0.1, 0.15) is 0 Å². The number of carbonyl (C=O) groups is 1. The van der Waals surface area contributed by atoms with E-state index in [4.69, 9.17) is 9.84 Å². The number of aromatic nitrogens is 1. The second-order valence-electron chi connectivity index (χ2n) is 4.36. The van der Waals surface area contributed by atoms with Gasteiger partial charge in [-0.25, -0.2) is 14.2 Å². The van der Waals surface area contributed by atoms with Gasteiger partial charge in [-0.2, -0.15) is 0 Å². The van der Waals surface area contributed by atoms with Gasteiger partial charge in [0.2, 0.25) is 5.88 Å². The molecular weight excluding hydrogens is 273 g/mol. The lowest BCUT2D eigenvalue weighted by Crippen LogP contribution is -1.98. The molecule has 0 fully saturated rings. The van der Waals surface area contributed by atoms with Crippen LogP contribution in [0.5, 0.6) is 11.6 Å². The maximum Gasteiger partial charge on any atom is 0.336 e. The van der Waals surface area contributed by atoms with Crippen molar-refractivity contribution in [2.45, 2.75) is 0 Å². The third-order valence-corrected chi connectivity index (χ3v) is 2.99. The second kappa shape index (κ2) is 5.20. The summed E-state index contributed by atoms with van der Waals surface area (Å²) in [7, 11) is 0. The molecular formula is C16H10FNO3. The normalized spacial score (nSPS) is 10.5. The van der Waals surface area contributed by atoms with Crippen LogP contribution in [0.15, 0.2) is 54.6 Å². The van der Waals surface area contributed by atoms with Crippen LogP contribution in [0.1, 0.15) is 10.4 Å². The summed E-state index contributed by atoms with van der Waals surface area (Å²) in [6.07, 6.45) is 0. The molecule has 0 saturated heterocycles. The lowest BCUT2D eigenvalue weighted by atomic mass is 10.1. The fourth-order valence-corrected chi connectivity index (χ4v) is 2.02. The summed E-state index contributed by atoms with van der Waals surface area (Å²) >= 11 is 0. The zero-order valence-corrected chi connectivity index (χ0v) is 10.8. The predicted octanol–water partition coefficient (Wildman–Crippen LogP) is 3.86. The number of ether oxygens (including phenoxy) is 1. The van der Waals surface area contributed by atoms with E-state index < -0.39 is 11.8 Å². The van der Waals surface area contributed by atoms with Crippen molar-refractivity contribution in [1.82, 2.24) is 4.98 Å². The lowest BCUT2D eigenvalue weighted by Gasteiger charge is -2.07. The fraction of sp³-hybridized carbons (Fsp3) is 0. The highest BCUT2D eigenvalue weighted by atomic mass is 19.1. The molecule has 0 bridgehead atoms. The van der Waals surface area contributed by atoms with Crippen LogP contribution < -0.4 is 4.74 Å². The molecule has 4 nitrogen and oxygen atoms in total. The predicted molar refractivity (Wildman–Crippen MR) is 75.2 cm³/mol. The van der Waals surface area contributed by atoms with Gasteiger partial charge < -0.3 is 9.84 Å². The molecule has 0 unspecified atom stereocenters. The zero-order chi connectivity index (χ0) is 14.8. The monoisotopic (exact) mass is 283 g/mol. The summed E-state index contributed by atoms with van der Waals surface area (Å²) in [6.45, 7) is 0. The Labute approximate surface area is 119 Å². The van der Waals surface area contributed by atoms with Gasteiger partial charge in [-0.15, -0.1) is 0 Å². The second-order valence-corrected chi connectivity index (χ2v) is 4.36. The van der Waals surface area contributed by atoms with Crippen LogP contribution in [0.25, 0.3) is 10.9 Å². The van der Waals surface area contributed by atoms with E-state index in [1.165, 1.54) is 24.3 Å². The Morgan fingerprint density at radius 1 is 1.05 bits per heavy atom. The Morgan fingerprint density at radius 2 is 1.86 bits per heavy atom. The smallest absolute Gasteiger partial charge is 0.336 e. The Bertz CT molecular complexity index is 833. The third kappa shape index (κ3) is 2.53. The van der Waals surface area contributed by atoms with Gasteiger partial charge in [-0.05, 0) is 30.3 Å². The molecule has 21 heavy (non-hydrogen) atoms. The molecule has 0 aliphatic carbocycles. The average molecular weight is 283 g/mol. The Balaban J connectivity index is 2.03. The van der Waals surface area contributed by atoms with E-state index >= 15 is 0 Å². The topological polar surface area (TPSA) is 59.4 Å². The van der Waals surface area contributed by atoms with E-state index in [-0.39, 0.29) is 17.2 Å². The zero-order valence-electron chi connectivity index (χ0n) is 10.8. The van der Waals surface area contributed by atoms with Crippen LogP contribution in [0.4, 0.5) is 4.39 Å². The number of fused-ring (bicyclic) bond motifs is 1. The quantitative estimate of drug-likeness (QED) is 0.792. The molecule has 0 atom stereocenters. The number of carboxylic acids is 1. The summed E-state index contributed by atoms with van der Waals surface area (Å²) in [4.78, 5) is 15.3. The van der Waals surface area contributed by atoms with E-state index in [1.54, 1.807) is 30.3 Å². The van der Waals surface area contributed by atoms with Crippen molar-refractivity contribution in [2.24, 2.45) is 0 Å². The number of rotatable bonds is 3. The Kier molecular flexibility index (Phi) is 3.23. The van der Waals surface area contributed by atoms with Crippen molar-refractivity contribution >= 4 is 16.9 Å². The van der Waals surface area contributed by atoms with Gasteiger partial charge in [-0.1, -0.05) is 18.2 Å². The first kappa shape index (κ1) is 13.1. The minimum absolute atomic E-state index is 0.0683. The van der Waals surface area contributed by atoms with E-state index in [9.17, 15) is 9.18 Å². The largest absolute Gasteiger partial charge is 0.478 e. The highest BCUT2D eigenvalue weighted by Gasteiger charge is 2.10. The van der Waals surface area contributed by atoms with Crippen LogP contribution in [-0.2, 0) is 0 Å². The molecule has 0 saturated carbocycles. The number of para-hydroxylation sites is 1. The van der Waals surface area contributed by atoms with Gasteiger partial charge in [0.15, 0.2) is 11.6 Å². The van der Waals surface area contributed by atoms with Crippen molar-refractivity contribution in [3.8, 4) is 11.6 Å². The summed E-state index contributed by atoms with van der Waals surface area (Å²) in [5.41, 5.74) is 0.640. The number of hydrogen-bond donors (Lipinski definition) is 1. The summed E-state index contributed by atoms with van der Waals surface area (Å²) in [5, 5.41) is 9.62. The Morgan fingerprint density at radius 3 is 2.62 bits per heavy atom. The molecule has 5 heteroatoms. The maximum absolute atomic E-state index is 13.5. The van der Waals surface area contributed by atoms with Gasteiger partial charge in [-0.3, -0.25) is 0 Å². The molecule has 0 spiro atoms. The fourth-order valence-electron chi connectivity index (χ4n) is 2.02. The van der Waals surface area contributed by atoms with E-state index in [0.717, 1.165) is 0 Å². The van der Waals surface area contributed by atoms with Gasteiger partial charge >= 0.3 is 5.97 Å². The molecule has 1 heterocycles. The number of pyridine rings is 1. The first-order chi connectivity index (χ1) is 10.1. The minimum atomic E-state index is -1.02. The molecule has 3 aromatic rings. The molecule has 2 aromatic carbocycles. The van der Waals surface area contributed by atoms with Crippen molar-refractivity contribution in [3.05, 3.63) is 66.0 Å². The number of hydrogen-bond acceptors (Lipinski definition) is 3. The van der Waals surface area contributed by atoms with E-state index in [0.29, 0.717) is 10.9 Å². The first-order valence-electron chi connectivity index (χ1n) is 6.20. The molecule has 104 valence electrons. The van der Waals surface area contributed by atoms with Gasteiger partial charge in [0, 0.05) is 11.5 Å². The maximum atomic E-state index is 13.5. The first-order valence-corrected chi connectivity index (χ1v) is 6.20. The summed E-state index contributed by atoms with van der Waals surface area (Å²) in [5.74, 6) is -1.24. The van der Waals surface area contributed by atoms with Crippen LogP contribution in [0, 0.1) is 5.82 Å². The molecule has 0 radical (unpaired) electrons. The highest BCUT2D eigenvalue weighted by molar-refractivity contribution is 6.02. The van der Waals surface area contributed by atoms with E-state index in [1.807, 2.05) is 0 Å².